The van der Waals surface area contributed by atoms with Gasteiger partial charge in [0.25, 0.3) is 0 Å². The molecule has 3 rings (SSSR count). The predicted octanol–water partition coefficient (Wildman–Crippen LogP) is 2.94. The predicted molar refractivity (Wildman–Crippen MR) is 114 cm³/mol. The normalized spacial score (nSPS) is 16.9. The van der Waals surface area contributed by atoms with Crippen molar-refractivity contribution in [3.8, 4) is 11.5 Å². The monoisotopic (exact) mass is 400 g/mol. The first-order chi connectivity index (χ1) is 14.2. The van der Waals surface area contributed by atoms with Gasteiger partial charge in [-0.3, -0.25) is 4.99 Å². The number of aromatic nitrogens is 1. The highest BCUT2D eigenvalue weighted by Crippen LogP contribution is 2.19. The standard InChI is InChI=1S/C22H32N4O3/c1-3-23-22(24-11-4-13-28-20-10-14-27-16-20)25-12-9-19-15-29-21(26-19)18-7-5-17(2)6-8-18/h5-8,15,20H,3-4,9-14,16H2,1-2H3,(H2,23,24,25). The molecule has 1 unspecified atom stereocenters. The van der Waals surface area contributed by atoms with Crippen LogP contribution in [-0.2, 0) is 15.9 Å². The Morgan fingerprint density at radius 3 is 2.90 bits per heavy atom. The summed E-state index contributed by atoms with van der Waals surface area (Å²) < 4.78 is 16.7. The molecule has 1 atom stereocenters. The molecular weight excluding hydrogens is 368 g/mol. The number of aryl methyl sites for hydroxylation is 1. The third-order valence-corrected chi connectivity index (χ3v) is 4.68. The van der Waals surface area contributed by atoms with Crippen molar-refractivity contribution in [3.63, 3.8) is 0 Å². The molecule has 7 nitrogen and oxygen atoms in total. The summed E-state index contributed by atoms with van der Waals surface area (Å²) in [5.74, 6) is 1.48. The summed E-state index contributed by atoms with van der Waals surface area (Å²) in [6.45, 7) is 8.67. The zero-order chi connectivity index (χ0) is 20.3. The lowest BCUT2D eigenvalue weighted by molar-refractivity contribution is 0.0424. The molecule has 1 aliphatic heterocycles. The van der Waals surface area contributed by atoms with E-state index in [2.05, 4.69) is 46.6 Å². The van der Waals surface area contributed by atoms with Gasteiger partial charge in [-0.15, -0.1) is 0 Å². The molecule has 158 valence electrons. The summed E-state index contributed by atoms with van der Waals surface area (Å²) in [5, 5.41) is 6.63. The fourth-order valence-electron chi connectivity index (χ4n) is 3.05. The fourth-order valence-corrected chi connectivity index (χ4v) is 3.05. The van der Waals surface area contributed by atoms with Gasteiger partial charge in [0.1, 0.15) is 6.26 Å². The summed E-state index contributed by atoms with van der Waals surface area (Å²) in [4.78, 5) is 9.19. The molecule has 1 fully saturated rings. The van der Waals surface area contributed by atoms with Crippen molar-refractivity contribution in [1.29, 1.82) is 0 Å². The molecule has 2 N–H and O–H groups in total. The van der Waals surface area contributed by atoms with Gasteiger partial charge in [0.2, 0.25) is 5.89 Å². The molecule has 1 saturated heterocycles. The van der Waals surface area contributed by atoms with Gasteiger partial charge >= 0.3 is 0 Å². The van der Waals surface area contributed by atoms with Crippen molar-refractivity contribution in [2.75, 3.05) is 39.5 Å². The second kappa shape index (κ2) is 11.6. The van der Waals surface area contributed by atoms with E-state index in [0.717, 1.165) is 75.9 Å². The number of hydrogen-bond acceptors (Lipinski definition) is 5. The van der Waals surface area contributed by atoms with Crippen LogP contribution in [0.2, 0.25) is 0 Å². The molecule has 2 aromatic rings. The van der Waals surface area contributed by atoms with Crippen molar-refractivity contribution in [2.45, 2.75) is 39.2 Å². The average molecular weight is 401 g/mol. The van der Waals surface area contributed by atoms with Crippen molar-refractivity contribution >= 4 is 5.96 Å². The minimum atomic E-state index is 0.262. The van der Waals surface area contributed by atoms with E-state index in [0.29, 0.717) is 5.89 Å². The molecule has 0 spiro atoms. The molecular formula is C22H32N4O3. The Morgan fingerprint density at radius 2 is 2.14 bits per heavy atom. The van der Waals surface area contributed by atoms with Crippen LogP contribution in [0.3, 0.4) is 0 Å². The molecule has 2 heterocycles. The fraction of sp³-hybridized carbons (Fsp3) is 0.545. The number of ether oxygens (including phenoxy) is 2. The van der Waals surface area contributed by atoms with Crippen LogP contribution in [0, 0.1) is 6.92 Å². The van der Waals surface area contributed by atoms with Crippen LogP contribution in [0.1, 0.15) is 31.0 Å². The van der Waals surface area contributed by atoms with Gasteiger partial charge in [-0.1, -0.05) is 17.7 Å². The average Bonchev–Trinajstić information content (AvgIpc) is 3.40. The van der Waals surface area contributed by atoms with E-state index >= 15 is 0 Å². The topological polar surface area (TPSA) is 80.9 Å². The van der Waals surface area contributed by atoms with Crippen LogP contribution in [0.5, 0.6) is 0 Å². The van der Waals surface area contributed by atoms with Gasteiger partial charge in [-0.2, -0.15) is 0 Å². The molecule has 0 saturated carbocycles. The van der Waals surface area contributed by atoms with Gasteiger partial charge in [0.15, 0.2) is 5.96 Å². The number of benzene rings is 1. The molecule has 0 bridgehead atoms. The molecule has 1 aromatic carbocycles. The number of aliphatic imine (C=N–C) groups is 1. The third-order valence-electron chi connectivity index (χ3n) is 4.68. The number of hydrogen-bond donors (Lipinski definition) is 2. The molecule has 29 heavy (non-hydrogen) atoms. The summed E-state index contributed by atoms with van der Waals surface area (Å²) >= 11 is 0. The second-order valence-corrected chi connectivity index (χ2v) is 7.16. The Hall–Kier alpha value is -2.38. The lowest BCUT2D eigenvalue weighted by atomic mass is 10.1. The van der Waals surface area contributed by atoms with E-state index in [1.165, 1.54) is 5.56 Å². The molecule has 1 aromatic heterocycles. The second-order valence-electron chi connectivity index (χ2n) is 7.16. The molecule has 0 radical (unpaired) electrons. The summed E-state index contributed by atoms with van der Waals surface area (Å²) in [7, 11) is 0. The van der Waals surface area contributed by atoms with Gasteiger partial charge < -0.3 is 24.5 Å². The van der Waals surface area contributed by atoms with E-state index < -0.39 is 0 Å². The zero-order valence-corrected chi connectivity index (χ0v) is 17.4. The number of rotatable bonds is 10. The van der Waals surface area contributed by atoms with E-state index in [4.69, 9.17) is 13.9 Å². The highest BCUT2D eigenvalue weighted by molar-refractivity contribution is 5.79. The van der Waals surface area contributed by atoms with Crippen LogP contribution in [0.25, 0.3) is 11.5 Å². The molecule has 0 aliphatic carbocycles. The number of oxazole rings is 1. The zero-order valence-electron chi connectivity index (χ0n) is 17.4. The summed E-state index contributed by atoms with van der Waals surface area (Å²) in [6.07, 6.45) is 4.66. The Labute approximate surface area is 172 Å². The van der Waals surface area contributed by atoms with E-state index in [1.807, 2.05) is 12.1 Å². The third kappa shape index (κ3) is 7.18. The minimum absolute atomic E-state index is 0.262. The highest BCUT2D eigenvalue weighted by atomic mass is 16.5. The Morgan fingerprint density at radius 1 is 1.28 bits per heavy atom. The maximum absolute atomic E-state index is 5.78. The van der Waals surface area contributed by atoms with E-state index in [-0.39, 0.29) is 6.10 Å². The Balaban J connectivity index is 1.38. The lowest BCUT2D eigenvalue weighted by Crippen LogP contribution is -2.38. The van der Waals surface area contributed by atoms with E-state index in [1.54, 1.807) is 6.26 Å². The molecule has 7 heteroatoms. The van der Waals surface area contributed by atoms with Gasteiger partial charge in [0, 0.05) is 44.8 Å². The first-order valence-electron chi connectivity index (χ1n) is 10.5. The van der Waals surface area contributed by atoms with Crippen LogP contribution in [0.15, 0.2) is 39.9 Å². The van der Waals surface area contributed by atoms with Gasteiger partial charge in [-0.05, 0) is 38.8 Å². The van der Waals surface area contributed by atoms with Crippen LogP contribution in [0.4, 0.5) is 0 Å². The van der Waals surface area contributed by atoms with Crippen molar-refractivity contribution < 1.29 is 13.9 Å². The first kappa shape index (κ1) is 21.3. The van der Waals surface area contributed by atoms with Crippen LogP contribution in [-0.4, -0.2) is 56.5 Å². The smallest absolute Gasteiger partial charge is 0.226 e. The van der Waals surface area contributed by atoms with Crippen molar-refractivity contribution in [3.05, 3.63) is 41.8 Å². The lowest BCUT2D eigenvalue weighted by Gasteiger charge is -2.11. The van der Waals surface area contributed by atoms with Crippen molar-refractivity contribution in [2.24, 2.45) is 4.99 Å². The SMILES string of the molecule is CCNC(=NCCCOC1CCOC1)NCCc1coc(-c2ccc(C)cc2)n1. The maximum atomic E-state index is 5.78. The number of guanidine groups is 1. The summed E-state index contributed by atoms with van der Waals surface area (Å²) in [6, 6.07) is 8.18. The van der Waals surface area contributed by atoms with Gasteiger partial charge in [0.05, 0.1) is 18.4 Å². The van der Waals surface area contributed by atoms with E-state index in [9.17, 15) is 0 Å². The highest BCUT2D eigenvalue weighted by Gasteiger charge is 2.15. The van der Waals surface area contributed by atoms with Crippen molar-refractivity contribution in [1.82, 2.24) is 15.6 Å². The van der Waals surface area contributed by atoms with Crippen LogP contribution < -0.4 is 10.6 Å². The minimum Gasteiger partial charge on any atom is -0.444 e. The van der Waals surface area contributed by atoms with Crippen LogP contribution >= 0.6 is 0 Å². The largest absolute Gasteiger partial charge is 0.444 e. The quantitative estimate of drug-likeness (QED) is 0.363. The first-order valence-corrected chi connectivity index (χ1v) is 10.5. The number of nitrogens with zero attached hydrogens (tertiary/aromatic N) is 2. The molecule has 1 aliphatic rings. The van der Waals surface area contributed by atoms with Gasteiger partial charge in [-0.25, -0.2) is 4.98 Å². The molecule has 0 amide bonds. The number of nitrogens with one attached hydrogen (secondary N) is 2. The maximum Gasteiger partial charge on any atom is 0.226 e. The Bertz CT molecular complexity index is 752. The Kier molecular flexibility index (Phi) is 8.52. The summed E-state index contributed by atoms with van der Waals surface area (Å²) in [5.41, 5.74) is 3.14.